The van der Waals surface area contributed by atoms with Crippen LogP contribution in [-0.2, 0) is 0 Å². The van der Waals surface area contributed by atoms with Crippen LogP contribution in [0.5, 0.6) is 0 Å². The van der Waals surface area contributed by atoms with Crippen molar-refractivity contribution < 1.29 is 0 Å². The summed E-state index contributed by atoms with van der Waals surface area (Å²) in [5.74, 6) is 1.35. The van der Waals surface area contributed by atoms with Crippen LogP contribution in [0.4, 0.5) is 0 Å². The molecule has 0 spiro atoms. The molecule has 30 heavy (non-hydrogen) atoms. The van der Waals surface area contributed by atoms with E-state index in [2.05, 4.69) is 54.2 Å². The molecule has 1 aliphatic rings. The summed E-state index contributed by atoms with van der Waals surface area (Å²) in [6.07, 6.45) is 8.85. The maximum Gasteiger partial charge on any atom is 0.216 e. The van der Waals surface area contributed by atoms with E-state index in [0.717, 1.165) is 33.7 Å². The number of halogens is 1. The predicted molar refractivity (Wildman–Crippen MR) is 129 cm³/mol. The van der Waals surface area contributed by atoms with E-state index < -0.39 is 0 Å². The normalized spacial score (nSPS) is 14.8. The number of hydrogen-bond donors (Lipinski definition) is 2. The maximum absolute atomic E-state index is 7.70. The van der Waals surface area contributed by atoms with E-state index in [1.54, 1.807) is 0 Å². The Labute approximate surface area is 184 Å². The number of amidine groups is 2. The third kappa shape index (κ3) is 6.04. The first-order valence-electron chi connectivity index (χ1n) is 10.2. The van der Waals surface area contributed by atoms with Gasteiger partial charge in [-0.1, -0.05) is 78.9 Å². The van der Waals surface area contributed by atoms with Crippen LogP contribution in [-0.4, -0.2) is 17.7 Å². The number of benzene rings is 2. The second-order valence-electron chi connectivity index (χ2n) is 7.67. The highest BCUT2D eigenvalue weighted by Crippen LogP contribution is 2.35. The molecule has 1 fully saturated rings. The first-order chi connectivity index (χ1) is 14.5. The average molecular weight is 418 g/mol. The molecule has 2 aromatic rings. The van der Waals surface area contributed by atoms with Crippen molar-refractivity contribution in [2.45, 2.75) is 26.7 Å². The highest BCUT2D eigenvalue weighted by molar-refractivity contribution is 6.64. The minimum atomic E-state index is -0.260. The summed E-state index contributed by atoms with van der Waals surface area (Å²) in [5, 5.41) is 10.8. The summed E-state index contributed by atoms with van der Waals surface area (Å²) in [5.41, 5.74) is 6.49. The van der Waals surface area contributed by atoms with Gasteiger partial charge in [0.1, 0.15) is 5.84 Å². The highest BCUT2D eigenvalue weighted by atomic mass is 35.5. The zero-order chi connectivity index (χ0) is 21.5. The number of nitrogens with one attached hydrogen (secondary N) is 2. The summed E-state index contributed by atoms with van der Waals surface area (Å²) in [6, 6.07) is 16.3. The van der Waals surface area contributed by atoms with Gasteiger partial charge in [0.15, 0.2) is 0 Å². The van der Waals surface area contributed by atoms with Gasteiger partial charge in [-0.15, -0.1) is 0 Å². The molecule has 154 valence electrons. The molecule has 3 rings (SSSR count). The molecular formula is C26H28ClN3. The Morgan fingerprint density at radius 1 is 1.20 bits per heavy atom. The topological polar surface area (TPSA) is 48.2 Å². The lowest BCUT2D eigenvalue weighted by molar-refractivity contribution is 1.00. The van der Waals surface area contributed by atoms with Gasteiger partial charge in [-0.25, -0.2) is 4.99 Å². The summed E-state index contributed by atoms with van der Waals surface area (Å²) < 4.78 is 0. The molecule has 2 N–H and O–H groups in total. The van der Waals surface area contributed by atoms with Crippen LogP contribution in [0.2, 0.25) is 0 Å². The summed E-state index contributed by atoms with van der Waals surface area (Å²) in [6.45, 7) is 8.87. The molecule has 0 bridgehead atoms. The third-order valence-corrected chi connectivity index (χ3v) is 5.28. The van der Waals surface area contributed by atoms with Crippen molar-refractivity contribution >= 4 is 22.7 Å². The van der Waals surface area contributed by atoms with Crippen molar-refractivity contribution in [1.82, 2.24) is 5.32 Å². The smallest absolute Gasteiger partial charge is 0.216 e. The van der Waals surface area contributed by atoms with E-state index in [1.165, 1.54) is 18.4 Å². The number of aryl methyl sites for hydroxylation is 1. The van der Waals surface area contributed by atoms with Crippen LogP contribution in [0.3, 0.4) is 0 Å². The maximum atomic E-state index is 7.70. The van der Waals surface area contributed by atoms with Crippen LogP contribution >= 0.6 is 11.6 Å². The predicted octanol–water partition coefficient (Wildman–Crippen LogP) is 6.64. The van der Waals surface area contributed by atoms with Crippen LogP contribution < -0.4 is 5.32 Å². The van der Waals surface area contributed by atoms with Gasteiger partial charge in [-0.3, -0.25) is 5.41 Å². The van der Waals surface area contributed by atoms with Crippen molar-refractivity contribution in [3.05, 3.63) is 95.6 Å². The molecule has 1 saturated carbocycles. The van der Waals surface area contributed by atoms with Crippen LogP contribution in [0.15, 0.2) is 89.5 Å². The van der Waals surface area contributed by atoms with E-state index in [1.807, 2.05) is 43.3 Å². The van der Waals surface area contributed by atoms with Crippen LogP contribution in [0.25, 0.3) is 11.1 Å². The number of nitrogens with zero attached hydrogens (tertiary/aromatic N) is 1. The Kier molecular flexibility index (Phi) is 7.42. The van der Waals surface area contributed by atoms with Gasteiger partial charge in [0.2, 0.25) is 5.29 Å². The second kappa shape index (κ2) is 10.2. The van der Waals surface area contributed by atoms with Gasteiger partial charge >= 0.3 is 0 Å². The number of aliphatic imine (C=N–C) groups is 1. The second-order valence-corrected chi connectivity index (χ2v) is 8.03. The molecule has 3 nitrogen and oxygen atoms in total. The molecule has 4 heteroatoms. The molecule has 1 aliphatic carbocycles. The van der Waals surface area contributed by atoms with Crippen molar-refractivity contribution in [2.75, 3.05) is 6.54 Å². The monoisotopic (exact) mass is 417 g/mol. The highest BCUT2D eigenvalue weighted by Gasteiger charge is 2.22. The fourth-order valence-corrected chi connectivity index (χ4v) is 3.47. The Hall–Kier alpha value is -2.91. The van der Waals surface area contributed by atoms with Crippen LogP contribution in [0.1, 0.15) is 30.9 Å². The molecule has 0 aromatic heterocycles. The molecule has 0 unspecified atom stereocenters. The van der Waals surface area contributed by atoms with E-state index in [4.69, 9.17) is 17.0 Å². The Morgan fingerprint density at radius 2 is 1.93 bits per heavy atom. The summed E-state index contributed by atoms with van der Waals surface area (Å²) in [4.78, 5) is 4.28. The van der Waals surface area contributed by atoms with Crippen molar-refractivity contribution in [3.8, 4) is 11.1 Å². The molecule has 0 amide bonds. The number of allylic oxidation sites excluding steroid dienone is 3. The molecule has 0 heterocycles. The van der Waals surface area contributed by atoms with Gasteiger partial charge in [0, 0.05) is 12.1 Å². The Balaban J connectivity index is 1.82. The third-order valence-electron chi connectivity index (χ3n) is 5.20. The van der Waals surface area contributed by atoms with Crippen molar-refractivity contribution in [2.24, 2.45) is 10.9 Å². The largest absolute Gasteiger partial charge is 0.365 e. The molecule has 0 aliphatic heterocycles. The fourth-order valence-electron chi connectivity index (χ4n) is 3.39. The van der Waals surface area contributed by atoms with Crippen LogP contribution in [0, 0.1) is 18.3 Å². The first kappa shape index (κ1) is 21.8. The molecule has 2 aromatic carbocycles. The molecular weight excluding hydrogens is 390 g/mol. The first-order valence-corrected chi connectivity index (χ1v) is 10.6. The number of rotatable bonds is 7. The quantitative estimate of drug-likeness (QED) is 0.225. The van der Waals surface area contributed by atoms with Crippen molar-refractivity contribution in [1.29, 1.82) is 5.41 Å². The zero-order valence-corrected chi connectivity index (χ0v) is 18.3. The lowest BCUT2D eigenvalue weighted by Crippen LogP contribution is -2.28. The van der Waals surface area contributed by atoms with Crippen molar-refractivity contribution in [3.63, 3.8) is 0 Å². The Bertz CT molecular complexity index is 1010. The van der Waals surface area contributed by atoms with Gasteiger partial charge in [-0.2, -0.15) is 0 Å². The standard InChI is InChI=1S/C26H28ClN3/c1-18(9-7-10-19(2)21-15-16-21)17-29-25(30-26(27)28)24-20(3)11-8-14-23(24)22-12-5-4-6-13-22/h4-14,21H,1,15-17H2,2-3H3,(H2,28,29,30)/b9-7-,19-10+. The van der Waals surface area contributed by atoms with E-state index in [0.29, 0.717) is 12.4 Å². The minimum absolute atomic E-state index is 0.260. The fraction of sp³-hybridized carbons (Fsp3) is 0.231. The van der Waals surface area contributed by atoms with Gasteiger partial charge < -0.3 is 5.32 Å². The summed E-state index contributed by atoms with van der Waals surface area (Å²) >= 11 is 5.85. The SMILES string of the molecule is C=C(/C=C\C=C(/C)C1CC1)CN/C(=N/C(=N)Cl)c1c(C)cccc1-c1ccccc1. The van der Waals surface area contributed by atoms with E-state index in [9.17, 15) is 0 Å². The van der Waals surface area contributed by atoms with Gasteiger partial charge in [-0.05, 0) is 66.5 Å². The number of hydrogen-bond acceptors (Lipinski definition) is 1. The van der Waals surface area contributed by atoms with E-state index >= 15 is 0 Å². The molecule has 0 saturated heterocycles. The zero-order valence-electron chi connectivity index (χ0n) is 17.6. The van der Waals surface area contributed by atoms with Gasteiger partial charge in [0.05, 0.1) is 0 Å². The Morgan fingerprint density at radius 3 is 2.60 bits per heavy atom. The summed E-state index contributed by atoms with van der Waals surface area (Å²) in [7, 11) is 0. The van der Waals surface area contributed by atoms with Gasteiger partial charge in [0.25, 0.3) is 0 Å². The molecule has 0 atom stereocenters. The average Bonchev–Trinajstić information content (AvgIpc) is 3.57. The lowest BCUT2D eigenvalue weighted by atomic mass is 9.95. The lowest BCUT2D eigenvalue weighted by Gasteiger charge is -2.17. The molecule has 0 radical (unpaired) electrons. The van der Waals surface area contributed by atoms with E-state index in [-0.39, 0.29) is 5.29 Å². The minimum Gasteiger partial charge on any atom is -0.365 e.